The minimum Gasteiger partial charge on any atom is -0.333 e. The molecule has 2 rings (SSSR count). The number of primary amides is 1. The first-order valence-corrected chi connectivity index (χ1v) is 4.20. The lowest BCUT2D eigenvalue weighted by atomic mass is 10.3. The van der Waals surface area contributed by atoms with E-state index in [0.29, 0.717) is 11.5 Å². The van der Waals surface area contributed by atoms with Gasteiger partial charge < -0.3 is 10.6 Å². The topological polar surface area (TPSA) is 83.0 Å². The van der Waals surface area contributed by atoms with Crippen molar-refractivity contribution in [2.45, 2.75) is 0 Å². The first kappa shape index (κ1) is 9.20. The molecule has 6 nitrogen and oxygen atoms in total. The van der Waals surface area contributed by atoms with Crippen LogP contribution in [0.2, 0.25) is 0 Å². The van der Waals surface area contributed by atoms with Crippen LogP contribution in [-0.4, -0.2) is 20.8 Å². The summed E-state index contributed by atoms with van der Waals surface area (Å²) in [7, 11) is 0. The van der Waals surface area contributed by atoms with Gasteiger partial charge in [-0.3, -0.25) is 4.98 Å². The molecule has 0 spiro atoms. The van der Waals surface area contributed by atoms with Crippen molar-refractivity contribution < 1.29 is 9.63 Å². The van der Waals surface area contributed by atoms with Crippen molar-refractivity contribution in [1.29, 1.82) is 0 Å². The maximum absolute atomic E-state index is 10.6. The first-order chi connectivity index (χ1) is 7.27. The maximum atomic E-state index is 10.6. The van der Waals surface area contributed by atoms with Crippen molar-refractivity contribution in [3.8, 4) is 11.5 Å². The molecule has 0 atom stereocenters. The lowest BCUT2D eigenvalue weighted by molar-refractivity contribution is 0.145. The summed E-state index contributed by atoms with van der Waals surface area (Å²) in [5, 5.41) is 0. The zero-order valence-electron chi connectivity index (χ0n) is 7.70. The lowest BCUT2D eigenvalue weighted by Gasteiger charge is -2.04. The van der Waals surface area contributed by atoms with E-state index in [0.717, 1.165) is 0 Å². The predicted octanol–water partition coefficient (Wildman–Crippen LogP) is 0.452. The van der Waals surface area contributed by atoms with Crippen LogP contribution in [0.4, 0.5) is 4.79 Å². The number of hydrogen-bond donors (Lipinski definition) is 1. The molecule has 0 unspecified atom stereocenters. The smallest absolute Gasteiger partial charge is 0.333 e. The molecule has 6 heteroatoms. The number of imidazole rings is 1. The third kappa shape index (κ3) is 1.93. The molecule has 0 radical (unpaired) electrons. The van der Waals surface area contributed by atoms with Crippen LogP contribution in [0.3, 0.4) is 0 Å². The van der Waals surface area contributed by atoms with Gasteiger partial charge in [-0.25, -0.2) is 9.78 Å². The van der Waals surface area contributed by atoms with Crippen molar-refractivity contribution in [3.05, 3.63) is 36.8 Å². The molecule has 0 aliphatic carbocycles. The Morgan fingerprint density at radius 3 is 2.87 bits per heavy atom. The van der Waals surface area contributed by atoms with Gasteiger partial charge in [0.15, 0.2) is 5.82 Å². The number of nitrogens with zero attached hydrogens (tertiary/aromatic N) is 3. The minimum absolute atomic E-state index is 0.425. The third-order valence-corrected chi connectivity index (χ3v) is 1.69. The van der Waals surface area contributed by atoms with Crippen molar-refractivity contribution in [1.82, 2.24) is 14.7 Å². The molecule has 2 heterocycles. The van der Waals surface area contributed by atoms with Gasteiger partial charge in [-0.15, -0.1) is 0 Å². The van der Waals surface area contributed by atoms with Crippen molar-refractivity contribution in [3.63, 3.8) is 0 Å². The summed E-state index contributed by atoms with van der Waals surface area (Å²) in [4.78, 5) is 23.4. The lowest BCUT2D eigenvalue weighted by Crippen LogP contribution is -2.25. The Labute approximate surface area is 85.3 Å². The van der Waals surface area contributed by atoms with E-state index in [1.54, 1.807) is 18.3 Å². The van der Waals surface area contributed by atoms with E-state index in [1.807, 2.05) is 6.07 Å². The molecular formula is C9H8N4O2. The van der Waals surface area contributed by atoms with Gasteiger partial charge in [0.2, 0.25) is 0 Å². The van der Waals surface area contributed by atoms with Crippen molar-refractivity contribution in [2.75, 3.05) is 0 Å². The Balaban J connectivity index is 2.37. The number of amides is 1. The Morgan fingerprint density at radius 1 is 1.33 bits per heavy atom. The molecule has 0 saturated heterocycles. The Kier molecular flexibility index (Phi) is 2.32. The second-order valence-corrected chi connectivity index (χ2v) is 2.70. The van der Waals surface area contributed by atoms with Gasteiger partial charge in [0.1, 0.15) is 5.69 Å². The molecule has 76 valence electrons. The fourth-order valence-electron chi connectivity index (χ4n) is 1.14. The molecule has 2 N–H and O–H groups in total. The van der Waals surface area contributed by atoms with E-state index >= 15 is 0 Å². The summed E-state index contributed by atoms with van der Waals surface area (Å²) >= 11 is 0. The molecule has 2 aromatic rings. The van der Waals surface area contributed by atoms with E-state index in [1.165, 1.54) is 17.1 Å². The quantitative estimate of drug-likeness (QED) is 0.769. The van der Waals surface area contributed by atoms with Crippen LogP contribution in [0.25, 0.3) is 11.5 Å². The van der Waals surface area contributed by atoms with Gasteiger partial charge in [-0.2, -0.15) is 4.73 Å². The molecule has 0 aliphatic heterocycles. The van der Waals surface area contributed by atoms with E-state index < -0.39 is 6.09 Å². The highest BCUT2D eigenvalue weighted by Crippen LogP contribution is 2.12. The van der Waals surface area contributed by atoms with Crippen LogP contribution in [0.15, 0.2) is 36.8 Å². The average Bonchev–Trinajstić information content (AvgIpc) is 2.66. The number of carbonyl (C=O) groups is 1. The SMILES string of the molecule is NC(=O)On1ccnc1-c1ccccn1. The maximum Gasteiger partial charge on any atom is 0.429 e. The largest absolute Gasteiger partial charge is 0.429 e. The van der Waals surface area contributed by atoms with Crippen LogP contribution in [0.1, 0.15) is 0 Å². The van der Waals surface area contributed by atoms with Gasteiger partial charge in [0, 0.05) is 12.4 Å². The summed E-state index contributed by atoms with van der Waals surface area (Å²) in [5.74, 6) is 0.425. The summed E-state index contributed by atoms with van der Waals surface area (Å²) < 4.78 is 1.17. The molecule has 0 aliphatic rings. The van der Waals surface area contributed by atoms with Crippen LogP contribution in [0, 0.1) is 0 Å². The summed E-state index contributed by atoms with van der Waals surface area (Å²) in [5.41, 5.74) is 5.50. The van der Waals surface area contributed by atoms with Gasteiger partial charge >= 0.3 is 6.09 Å². The standard InChI is InChI=1S/C9H8N4O2/c10-9(14)15-13-6-5-12-8(13)7-3-1-2-4-11-7/h1-6H,(H2,10,14). The summed E-state index contributed by atoms with van der Waals surface area (Å²) in [6.07, 6.45) is 3.70. The number of carbonyl (C=O) groups excluding carboxylic acids is 1. The highest BCUT2D eigenvalue weighted by atomic mass is 16.7. The highest BCUT2D eigenvalue weighted by Gasteiger charge is 2.08. The second-order valence-electron chi connectivity index (χ2n) is 2.70. The van der Waals surface area contributed by atoms with E-state index in [2.05, 4.69) is 9.97 Å². The Morgan fingerprint density at radius 2 is 2.20 bits per heavy atom. The molecule has 2 aromatic heterocycles. The Bertz CT molecular complexity index is 466. The van der Waals surface area contributed by atoms with Gasteiger partial charge in [-0.05, 0) is 12.1 Å². The Hall–Kier alpha value is -2.37. The van der Waals surface area contributed by atoms with Crippen LogP contribution >= 0.6 is 0 Å². The fourth-order valence-corrected chi connectivity index (χ4v) is 1.14. The fraction of sp³-hybridized carbons (Fsp3) is 0. The average molecular weight is 204 g/mol. The summed E-state index contributed by atoms with van der Waals surface area (Å²) in [6, 6.07) is 5.35. The monoisotopic (exact) mass is 204 g/mol. The number of aromatic nitrogens is 3. The minimum atomic E-state index is -0.898. The molecule has 0 fully saturated rings. The number of rotatable bonds is 2. The molecule has 0 bridgehead atoms. The van der Waals surface area contributed by atoms with Crippen LogP contribution in [-0.2, 0) is 0 Å². The molecule has 0 aromatic carbocycles. The predicted molar refractivity (Wildman–Crippen MR) is 51.6 cm³/mol. The first-order valence-electron chi connectivity index (χ1n) is 4.20. The normalized spacial score (nSPS) is 9.87. The zero-order chi connectivity index (χ0) is 10.7. The number of pyridine rings is 1. The van der Waals surface area contributed by atoms with Crippen molar-refractivity contribution >= 4 is 6.09 Å². The van der Waals surface area contributed by atoms with Gasteiger partial charge in [0.05, 0.1) is 6.20 Å². The van der Waals surface area contributed by atoms with Crippen LogP contribution < -0.4 is 10.6 Å². The number of hydrogen-bond acceptors (Lipinski definition) is 4. The summed E-state index contributed by atoms with van der Waals surface area (Å²) in [6.45, 7) is 0. The van der Waals surface area contributed by atoms with Gasteiger partial charge in [-0.1, -0.05) is 6.07 Å². The van der Waals surface area contributed by atoms with E-state index in [9.17, 15) is 4.79 Å². The molecule has 15 heavy (non-hydrogen) atoms. The molecule has 0 saturated carbocycles. The van der Waals surface area contributed by atoms with E-state index in [4.69, 9.17) is 10.6 Å². The zero-order valence-corrected chi connectivity index (χ0v) is 7.70. The second kappa shape index (κ2) is 3.79. The highest BCUT2D eigenvalue weighted by molar-refractivity contribution is 5.65. The van der Waals surface area contributed by atoms with Gasteiger partial charge in [0.25, 0.3) is 0 Å². The molecule has 1 amide bonds. The molecular weight excluding hydrogens is 196 g/mol. The number of nitrogens with two attached hydrogens (primary N) is 1. The third-order valence-electron chi connectivity index (χ3n) is 1.69. The van der Waals surface area contributed by atoms with E-state index in [-0.39, 0.29) is 0 Å². The van der Waals surface area contributed by atoms with Crippen LogP contribution in [0.5, 0.6) is 0 Å². The van der Waals surface area contributed by atoms with Crippen molar-refractivity contribution in [2.24, 2.45) is 5.73 Å².